The van der Waals surface area contributed by atoms with Crippen molar-refractivity contribution in [1.82, 2.24) is 15.4 Å². The number of nitrogens with zero attached hydrogens (tertiary/aromatic N) is 1. The van der Waals surface area contributed by atoms with Crippen LogP contribution in [0, 0.1) is 11.3 Å². The number of carbonyl (C=O) groups is 3. The van der Waals surface area contributed by atoms with E-state index in [0.29, 0.717) is 6.42 Å². The second-order valence-electron chi connectivity index (χ2n) is 8.73. The molecule has 3 amide bonds. The van der Waals surface area contributed by atoms with Gasteiger partial charge in [0.05, 0.1) is 12.3 Å². The Morgan fingerprint density at radius 3 is 2.71 bits per heavy atom. The normalized spacial score (nSPS) is 17.4. The molecule has 1 aromatic heterocycles. The number of aromatic nitrogens is 1. The lowest BCUT2D eigenvalue weighted by molar-refractivity contribution is -0.148. The first-order valence-electron chi connectivity index (χ1n) is 9.52. The molecule has 1 atom stereocenters. The van der Waals surface area contributed by atoms with Gasteiger partial charge in [0, 0.05) is 23.5 Å². The number of rotatable bonds is 6. The molecule has 0 saturated carbocycles. The monoisotopic (exact) mass is 381 g/mol. The number of benzene rings is 1. The summed E-state index contributed by atoms with van der Waals surface area (Å²) in [7, 11) is 0. The maximum atomic E-state index is 12.6. The molecule has 2 heterocycles. The Hall–Kier alpha value is -2.89. The summed E-state index contributed by atoms with van der Waals surface area (Å²) in [6.07, 6.45) is 3.23. The fourth-order valence-electron chi connectivity index (χ4n) is 3.76. The van der Waals surface area contributed by atoms with Gasteiger partial charge in [-0.3, -0.25) is 19.8 Å². The number of fused-ring (bicyclic) bond motifs is 1. The number of hydrogen-bond donors (Lipinski definition) is 2. The average molecular weight is 381 g/mol. The lowest BCUT2D eigenvalue weighted by Gasteiger charge is -2.21. The highest BCUT2D eigenvalue weighted by Gasteiger charge is 2.40. The van der Waals surface area contributed by atoms with Gasteiger partial charge in [0.1, 0.15) is 0 Å². The van der Waals surface area contributed by atoms with Crippen molar-refractivity contribution in [1.29, 1.82) is 0 Å². The van der Waals surface area contributed by atoms with Gasteiger partial charge in [-0.25, -0.2) is 0 Å². The summed E-state index contributed by atoms with van der Waals surface area (Å²) in [4.78, 5) is 40.4. The predicted octanol–water partition coefficient (Wildman–Crippen LogP) is 3.50. The van der Waals surface area contributed by atoms with E-state index in [1.165, 1.54) is 0 Å². The van der Waals surface area contributed by atoms with Crippen molar-refractivity contribution in [2.75, 3.05) is 0 Å². The summed E-state index contributed by atoms with van der Waals surface area (Å²) in [6, 6.07) is 7.68. The van der Waals surface area contributed by atoms with E-state index in [0.717, 1.165) is 33.5 Å². The summed E-state index contributed by atoms with van der Waals surface area (Å²) in [5, 5.41) is 1.83. The zero-order valence-corrected chi connectivity index (χ0v) is 16.7. The number of carbonyl (C=O) groups excluding carboxylic acids is 3. The van der Waals surface area contributed by atoms with Gasteiger partial charge in [0.25, 0.3) is 5.91 Å². The quantitative estimate of drug-likeness (QED) is 0.593. The van der Waals surface area contributed by atoms with E-state index in [-0.39, 0.29) is 36.0 Å². The Bertz CT molecular complexity index is 936. The summed E-state index contributed by atoms with van der Waals surface area (Å²) >= 11 is 0. The maximum absolute atomic E-state index is 12.6. The van der Waals surface area contributed by atoms with Crippen LogP contribution in [0.25, 0.3) is 10.9 Å². The van der Waals surface area contributed by atoms with Crippen molar-refractivity contribution in [3.63, 3.8) is 0 Å². The number of hydrogen-bond acceptors (Lipinski definition) is 3. The summed E-state index contributed by atoms with van der Waals surface area (Å²) < 4.78 is 0. The third-order valence-corrected chi connectivity index (χ3v) is 4.82. The van der Waals surface area contributed by atoms with E-state index in [4.69, 9.17) is 0 Å². The van der Waals surface area contributed by atoms with Crippen LogP contribution in [0.5, 0.6) is 0 Å². The second-order valence-corrected chi connectivity index (χ2v) is 8.73. The van der Waals surface area contributed by atoms with E-state index in [9.17, 15) is 14.4 Å². The largest absolute Gasteiger partial charge is 0.361 e. The lowest BCUT2D eigenvalue weighted by Crippen LogP contribution is -2.46. The molecule has 0 radical (unpaired) electrons. The van der Waals surface area contributed by atoms with Crippen LogP contribution in [0.3, 0.4) is 0 Å². The summed E-state index contributed by atoms with van der Waals surface area (Å²) in [5.74, 6) is -1.56. The van der Waals surface area contributed by atoms with Gasteiger partial charge in [-0.15, -0.1) is 0 Å². The molecule has 1 unspecified atom stereocenters. The van der Waals surface area contributed by atoms with Crippen molar-refractivity contribution >= 4 is 28.6 Å². The number of allylic oxidation sites excluding steroid dienone is 1. The predicted molar refractivity (Wildman–Crippen MR) is 108 cm³/mol. The van der Waals surface area contributed by atoms with Crippen molar-refractivity contribution < 1.29 is 14.4 Å². The molecule has 6 nitrogen and oxygen atoms in total. The molecule has 28 heavy (non-hydrogen) atoms. The Balaban J connectivity index is 1.61. The molecule has 1 aromatic carbocycles. The molecule has 2 N–H and O–H groups in total. The lowest BCUT2D eigenvalue weighted by atomic mass is 9.85. The number of nitrogens with one attached hydrogen (secondary N) is 2. The molecule has 1 aliphatic heterocycles. The van der Waals surface area contributed by atoms with E-state index >= 15 is 0 Å². The molecule has 1 saturated heterocycles. The van der Waals surface area contributed by atoms with Crippen LogP contribution in [0.2, 0.25) is 0 Å². The Kier molecular flexibility index (Phi) is 5.40. The van der Waals surface area contributed by atoms with Crippen molar-refractivity contribution in [2.45, 2.75) is 46.5 Å². The zero-order valence-electron chi connectivity index (χ0n) is 16.7. The van der Waals surface area contributed by atoms with Crippen LogP contribution in [0.15, 0.2) is 42.6 Å². The Labute approximate surface area is 165 Å². The van der Waals surface area contributed by atoms with Crippen molar-refractivity contribution in [3.05, 3.63) is 48.2 Å². The number of H-pyrrole nitrogens is 1. The topological polar surface area (TPSA) is 82.3 Å². The molecule has 0 aliphatic carbocycles. The smallest absolute Gasteiger partial charge is 0.252 e. The first kappa shape index (κ1) is 19.9. The van der Waals surface area contributed by atoms with E-state index in [1.807, 2.05) is 24.3 Å². The standard InChI is InChI=1S/C22H27N3O3/c1-14(12-22(2,3)4)9-15-11-20(27)25(21(15)28)24-19(26)10-16-13-23-18-8-6-5-7-17(16)18/h5-8,13,15,23H,1,9-12H2,2-4H3,(H,24,26). The highest BCUT2D eigenvalue weighted by molar-refractivity contribution is 6.05. The number of para-hydroxylation sites is 1. The minimum absolute atomic E-state index is 0.0793. The minimum Gasteiger partial charge on any atom is -0.361 e. The fourth-order valence-corrected chi connectivity index (χ4v) is 3.76. The van der Waals surface area contributed by atoms with Gasteiger partial charge in [0.15, 0.2) is 0 Å². The summed E-state index contributed by atoms with van der Waals surface area (Å²) in [6.45, 7) is 10.4. The molecule has 2 aromatic rings. The van der Waals surface area contributed by atoms with Gasteiger partial charge >= 0.3 is 0 Å². The van der Waals surface area contributed by atoms with Crippen LogP contribution in [-0.4, -0.2) is 27.7 Å². The van der Waals surface area contributed by atoms with Gasteiger partial charge in [-0.1, -0.05) is 51.1 Å². The second kappa shape index (κ2) is 7.62. The number of amides is 3. The molecule has 1 fully saturated rings. The highest BCUT2D eigenvalue weighted by atomic mass is 16.2. The van der Waals surface area contributed by atoms with Gasteiger partial charge < -0.3 is 4.98 Å². The average Bonchev–Trinajstić information content (AvgIpc) is 3.10. The molecule has 6 heteroatoms. The Morgan fingerprint density at radius 2 is 2.00 bits per heavy atom. The van der Waals surface area contributed by atoms with Crippen LogP contribution in [0.1, 0.15) is 45.6 Å². The molecule has 0 bridgehead atoms. The minimum atomic E-state index is -0.448. The molecular formula is C22H27N3O3. The Morgan fingerprint density at radius 1 is 1.29 bits per heavy atom. The molecular weight excluding hydrogens is 354 g/mol. The first-order valence-corrected chi connectivity index (χ1v) is 9.52. The van der Waals surface area contributed by atoms with Crippen LogP contribution < -0.4 is 5.43 Å². The molecule has 0 spiro atoms. The SMILES string of the molecule is C=C(CC1CC(=O)N(NC(=O)Cc2c[nH]c3ccccc23)C1=O)CC(C)(C)C. The van der Waals surface area contributed by atoms with E-state index in [2.05, 4.69) is 37.8 Å². The van der Waals surface area contributed by atoms with Crippen LogP contribution in [-0.2, 0) is 20.8 Å². The van der Waals surface area contributed by atoms with Gasteiger partial charge in [0.2, 0.25) is 11.8 Å². The summed E-state index contributed by atoms with van der Waals surface area (Å²) in [5.41, 5.74) is 5.28. The van der Waals surface area contributed by atoms with E-state index < -0.39 is 5.92 Å². The number of hydrazine groups is 1. The zero-order chi connectivity index (χ0) is 20.5. The number of aromatic amines is 1. The van der Waals surface area contributed by atoms with Gasteiger partial charge in [-0.2, -0.15) is 5.01 Å². The van der Waals surface area contributed by atoms with Gasteiger partial charge in [-0.05, 0) is 29.9 Å². The highest BCUT2D eigenvalue weighted by Crippen LogP contribution is 2.30. The third kappa shape index (κ3) is 4.50. The van der Waals surface area contributed by atoms with Crippen LogP contribution in [0.4, 0.5) is 0 Å². The van der Waals surface area contributed by atoms with E-state index in [1.54, 1.807) is 6.20 Å². The maximum Gasteiger partial charge on any atom is 0.252 e. The molecule has 3 rings (SSSR count). The first-order chi connectivity index (χ1) is 13.1. The van der Waals surface area contributed by atoms with Crippen LogP contribution >= 0.6 is 0 Å². The fraction of sp³-hybridized carbons (Fsp3) is 0.409. The molecule has 148 valence electrons. The third-order valence-electron chi connectivity index (χ3n) is 4.82. The molecule has 1 aliphatic rings. The van der Waals surface area contributed by atoms with Crippen molar-refractivity contribution in [2.24, 2.45) is 11.3 Å². The number of imide groups is 1. The van der Waals surface area contributed by atoms with Crippen molar-refractivity contribution in [3.8, 4) is 0 Å².